The average Bonchev–Trinajstić information content (AvgIpc) is 3.07. The summed E-state index contributed by atoms with van der Waals surface area (Å²) in [6.07, 6.45) is 0.927. The molecule has 0 spiro atoms. The summed E-state index contributed by atoms with van der Waals surface area (Å²) in [5, 5.41) is 38.0. The van der Waals surface area contributed by atoms with Crippen molar-refractivity contribution in [1.29, 1.82) is 0 Å². The van der Waals surface area contributed by atoms with Crippen LogP contribution in [-0.4, -0.2) is 76.1 Å². The van der Waals surface area contributed by atoms with E-state index in [9.17, 15) is 51.4 Å². The van der Waals surface area contributed by atoms with Gasteiger partial charge in [-0.2, -0.15) is 8.42 Å². The largest absolute Gasteiger partial charge is 1.00 e. The van der Waals surface area contributed by atoms with Crippen LogP contribution in [-0.2, 0) is 24.0 Å². The Morgan fingerprint density at radius 3 is 1.71 bits per heavy atom. The first-order chi connectivity index (χ1) is 22.7. The number of nitro benzene ring substituents is 2. The number of aryl methyl sites for hydroxylation is 1. The van der Waals surface area contributed by atoms with E-state index in [-0.39, 0.29) is 156 Å². The van der Waals surface area contributed by atoms with Crippen LogP contribution in [0.1, 0.15) is 29.1 Å². The van der Waals surface area contributed by atoms with Crippen LogP contribution in [0.5, 0.6) is 11.5 Å². The number of aromatic hydroxyl groups is 1. The molecule has 0 aliphatic heterocycles. The van der Waals surface area contributed by atoms with Crippen molar-refractivity contribution >= 4 is 40.5 Å². The Labute approximate surface area is 366 Å². The molecule has 0 heterocycles. The van der Waals surface area contributed by atoms with Crippen molar-refractivity contribution in [2.75, 3.05) is 33.7 Å². The van der Waals surface area contributed by atoms with E-state index in [0.717, 1.165) is 23.8 Å². The number of phenolic OH excluding ortho intramolecular Hbond substituents is 1. The minimum atomic E-state index is -3.78. The standard InChI is InChI=1S/C9H8FNO4.C9H11FO3S.C7H5NO4.CH3F.CH2O3.2K.H/c10-3-4-15-9-5-8(11(13)14)2-1-7(9)6-12;1-8-2-4-9(5-3-8)14(11,12)13-7-6-10;9-4-5-1-2-6(8(11)12)3-7(5)10;1-2;2-1-4-3;;;/h1-2,5-6H,3-4H2;2-5H,6-7H2,1H3;1-4,10H;1H3;1,3H;;;/q;;;;;2*+1;-1/p-1/i;;;1D;;;;. The van der Waals surface area contributed by atoms with Crippen molar-refractivity contribution in [3.63, 3.8) is 0 Å². The Morgan fingerprint density at radius 2 is 1.33 bits per heavy atom. The summed E-state index contributed by atoms with van der Waals surface area (Å²) >= 11 is 0. The molecule has 0 aromatic heterocycles. The molecular weight excluding hydrogens is 744 g/mol. The van der Waals surface area contributed by atoms with Crippen LogP contribution in [0.3, 0.4) is 0 Å². The van der Waals surface area contributed by atoms with Crippen molar-refractivity contribution in [2.45, 2.75) is 11.8 Å². The third kappa shape index (κ3) is 23.0. The molecule has 0 amide bonds. The smallest absolute Gasteiger partial charge is 1.00 e. The first kappa shape index (κ1) is 51.2. The Morgan fingerprint density at radius 1 is 0.878 bits per heavy atom. The quantitative estimate of drug-likeness (QED) is 0.0508. The molecule has 0 unspecified atom stereocenters. The van der Waals surface area contributed by atoms with Crippen LogP contribution in [0.4, 0.5) is 24.5 Å². The summed E-state index contributed by atoms with van der Waals surface area (Å²) in [5.41, 5.74) is 0.719. The minimum absolute atomic E-state index is 0. The van der Waals surface area contributed by atoms with Gasteiger partial charge in [-0.25, -0.2) is 8.78 Å². The maximum atomic E-state index is 11.8. The zero-order valence-corrected chi connectivity index (χ0v) is 33.3. The van der Waals surface area contributed by atoms with E-state index < -0.39 is 47.1 Å². The van der Waals surface area contributed by atoms with Gasteiger partial charge in [0.15, 0.2) is 12.6 Å². The van der Waals surface area contributed by atoms with Crippen LogP contribution < -0.4 is 113 Å². The third-order valence-electron chi connectivity index (χ3n) is 4.69. The SMILES string of the molecule is Cc1ccc(S(=O)(=O)OCCF)cc1.O=CO[O-].O=Cc1ccc([N+](=O)[O-])cc1O.O=Cc1ccc([N+](=O)[O-])cc1OCCF.[2H]CF.[H-].[K+].[K+]. The average molecular weight is 774 g/mol. The normalized spacial score (nSPS) is 9.37. The molecule has 3 aromatic carbocycles. The van der Waals surface area contributed by atoms with Crippen molar-refractivity contribution < 1.29 is 176 Å². The Hall–Kier alpha value is -2.20. The van der Waals surface area contributed by atoms with Gasteiger partial charge < -0.3 is 21.4 Å². The molecule has 1 N–H and O–H groups in total. The van der Waals surface area contributed by atoms with Crippen molar-refractivity contribution in [3.05, 3.63) is 97.6 Å². The maximum Gasteiger partial charge on any atom is 1.00 e. The summed E-state index contributed by atoms with van der Waals surface area (Å²) in [4.78, 5) is 51.3. The molecule has 22 heteroatoms. The first-order valence-electron chi connectivity index (χ1n) is 12.9. The fourth-order valence-corrected chi connectivity index (χ4v) is 3.55. The van der Waals surface area contributed by atoms with Gasteiger partial charge in [0.05, 0.1) is 53.1 Å². The van der Waals surface area contributed by atoms with Gasteiger partial charge in [0.25, 0.3) is 28.0 Å². The van der Waals surface area contributed by atoms with Crippen LogP contribution in [0, 0.1) is 27.2 Å². The first-order valence-corrected chi connectivity index (χ1v) is 13.6. The summed E-state index contributed by atoms with van der Waals surface area (Å²) in [5.74, 6) is -0.351. The van der Waals surface area contributed by atoms with E-state index >= 15 is 0 Å². The summed E-state index contributed by atoms with van der Waals surface area (Å²) in [6, 6.07) is 13.0. The molecule has 260 valence electrons. The van der Waals surface area contributed by atoms with Crippen molar-refractivity contribution in [1.82, 2.24) is 0 Å². The van der Waals surface area contributed by atoms with Crippen molar-refractivity contribution in [2.24, 2.45) is 0 Å². The number of carbonyl (C=O) groups excluding carboxylic acids is 3. The summed E-state index contributed by atoms with van der Waals surface area (Å²) < 4.78 is 70.9. The number of nitro groups is 2. The van der Waals surface area contributed by atoms with E-state index in [1.165, 1.54) is 30.3 Å². The number of aldehydes is 2. The summed E-state index contributed by atoms with van der Waals surface area (Å²) in [6.45, 7) is -0.539. The van der Waals surface area contributed by atoms with E-state index in [2.05, 4.69) is 9.07 Å². The van der Waals surface area contributed by atoms with Gasteiger partial charge in [-0.05, 0) is 31.2 Å². The molecule has 0 radical (unpaired) electrons. The van der Waals surface area contributed by atoms with E-state index in [0.29, 0.717) is 12.6 Å². The van der Waals surface area contributed by atoms with Crippen LogP contribution in [0.2, 0.25) is 0 Å². The Kier molecular flexibility index (Phi) is 33.2. The number of rotatable bonds is 12. The molecule has 0 saturated carbocycles. The predicted molar refractivity (Wildman–Crippen MR) is 156 cm³/mol. The molecular formula is C27H29F3K2N2O14S. The molecule has 0 atom stereocenters. The molecule has 0 bridgehead atoms. The number of phenols is 1. The number of hydrogen-bond acceptors (Lipinski definition) is 14. The van der Waals surface area contributed by atoms with Crippen LogP contribution in [0.15, 0.2) is 65.6 Å². The minimum Gasteiger partial charge on any atom is -1.00 e. The summed E-state index contributed by atoms with van der Waals surface area (Å²) in [7, 11) is -4.78. The zero-order chi connectivity index (χ0) is 37.1. The molecule has 49 heavy (non-hydrogen) atoms. The van der Waals surface area contributed by atoms with Gasteiger partial charge in [0, 0.05) is 12.1 Å². The molecule has 0 aliphatic carbocycles. The maximum absolute atomic E-state index is 11.8. The number of ether oxygens (including phenoxy) is 1. The second-order valence-corrected chi connectivity index (χ2v) is 9.34. The monoisotopic (exact) mass is 773 g/mol. The van der Waals surface area contributed by atoms with E-state index in [4.69, 9.17) is 21.3 Å². The van der Waals surface area contributed by atoms with E-state index in [1.54, 1.807) is 12.1 Å². The van der Waals surface area contributed by atoms with Gasteiger partial charge in [-0.15, -0.1) is 0 Å². The van der Waals surface area contributed by atoms with Crippen molar-refractivity contribution in [3.8, 4) is 11.5 Å². The number of hydrogen-bond donors (Lipinski definition) is 1. The van der Waals surface area contributed by atoms with Gasteiger partial charge in [0.1, 0.15) is 31.5 Å². The molecule has 3 aromatic rings. The fraction of sp³-hybridized carbons (Fsp3) is 0.222. The number of carbonyl (C=O) groups is 3. The molecule has 0 aliphatic rings. The van der Waals surface area contributed by atoms with Gasteiger partial charge in [-0.1, -0.05) is 17.7 Å². The second-order valence-electron chi connectivity index (χ2n) is 7.72. The second kappa shape index (κ2) is 31.8. The topological polar surface area (TPSA) is 243 Å². The predicted octanol–water partition coefficient (Wildman–Crippen LogP) is -2.32. The van der Waals surface area contributed by atoms with Crippen LogP contribution in [0.25, 0.3) is 0 Å². The number of nitrogens with zero attached hydrogens (tertiary/aromatic N) is 2. The van der Waals surface area contributed by atoms with Crippen LogP contribution >= 0.6 is 0 Å². The molecule has 0 saturated heterocycles. The van der Waals surface area contributed by atoms with Gasteiger partial charge in [0.2, 0.25) is 0 Å². The van der Waals surface area contributed by atoms with Gasteiger partial charge in [-0.3, -0.25) is 43.2 Å². The molecule has 3 rings (SSSR count). The molecule has 0 fully saturated rings. The molecule has 16 nitrogen and oxygen atoms in total. The third-order valence-corrected chi connectivity index (χ3v) is 6.01. The Bertz CT molecular complexity index is 1570. The van der Waals surface area contributed by atoms with E-state index in [1.807, 2.05) is 6.92 Å². The van der Waals surface area contributed by atoms with Gasteiger partial charge >= 0.3 is 103 Å². The number of benzene rings is 3. The number of alkyl halides is 3. The fourth-order valence-electron chi connectivity index (χ4n) is 2.67. The number of non-ortho nitro benzene ring substituents is 2. The number of halogens is 3. The Balaban J connectivity index is -0.000000185. The zero-order valence-electron chi connectivity index (χ0n) is 28.2.